The average molecular weight is 339 g/mol. The molecular formula is C15H15ClN2O5. The molecule has 1 amide bonds. The first-order valence-corrected chi connectivity index (χ1v) is 6.88. The quantitative estimate of drug-likeness (QED) is 0.513. The Bertz CT molecular complexity index is 711. The standard InChI is InChI=1S/C15H15ClN2O5/c1-21-11-6-10(7-12(22-2)14(11)23-3)17-15(19)9-4-5-13(16)18(20)8-9/h4-8H,1-3H3,(H,17,19). The number of hydrogen-bond donors (Lipinski definition) is 1. The van der Waals surface area contributed by atoms with Gasteiger partial charge < -0.3 is 24.7 Å². The summed E-state index contributed by atoms with van der Waals surface area (Å²) < 4.78 is 16.0. The molecule has 0 saturated heterocycles. The van der Waals surface area contributed by atoms with Crippen LogP contribution in [0.25, 0.3) is 0 Å². The number of carbonyl (C=O) groups excluding carboxylic acids is 1. The maximum atomic E-state index is 12.2. The van der Waals surface area contributed by atoms with Crippen molar-refractivity contribution in [2.24, 2.45) is 0 Å². The first-order valence-electron chi connectivity index (χ1n) is 6.50. The SMILES string of the molecule is COc1cc(NC(=O)c2ccc(Cl)[n+]([O-])c2)cc(OC)c1OC. The molecule has 0 spiro atoms. The zero-order valence-electron chi connectivity index (χ0n) is 12.8. The monoisotopic (exact) mass is 338 g/mol. The summed E-state index contributed by atoms with van der Waals surface area (Å²) in [7, 11) is 4.43. The van der Waals surface area contributed by atoms with Crippen LogP contribution in [0, 0.1) is 5.21 Å². The number of carbonyl (C=O) groups is 1. The fourth-order valence-electron chi connectivity index (χ4n) is 1.95. The van der Waals surface area contributed by atoms with Crippen LogP contribution >= 0.6 is 11.6 Å². The van der Waals surface area contributed by atoms with Crippen molar-refractivity contribution in [3.8, 4) is 17.2 Å². The van der Waals surface area contributed by atoms with Gasteiger partial charge in [0.1, 0.15) is 5.56 Å². The van der Waals surface area contributed by atoms with Crippen LogP contribution in [-0.4, -0.2) is 27.2 Å². The highest BCUT2D eigenvalue weighted by Crippen LogP contribution is 2.39. The van der Waals surface area contributed by atoms with E-state index in [2.05, 4.69) is 5.32 Å². The van der Waals surface area contributed by atoms with Crippen molar-refractivity contribution < 1.29 is 23.7 Å². The van der Waals surface area contributed by atoms with Gasteiger partial charge in [-0.25, -0.2) is 0 Å². The minimum atomic E-state index is -0.472. The molecule has 0 fully saturated rings. The van der Waals surface area contributed by atoms with Gasteiger partial charge in [0.15, 0.2) is 17.7 Å². The Morgan fingerprint density at radius 1 is 1.13 bits per heavy atom. The molecule has 0 atom stereocenters. The first-order chi connectivity index (χ1) is 11.0. The van der Waals surface area contributed by atoms with Crippen molar-refractivity contribution in [1.29, 1.82) is 0 Å². The number of benzene rings is 1. The van der Waals surface area contributed by atoms with E-state index in [0.717, 1.165) is 6.20 Å². The van der Waals surface area contributed by atoms with Crippen molar-refractivity contribution in [2.75, 3.05) is 26.6 Å². The fourth-order valence-corrected chi connectivity index (χ4v) is 2.07. The summed E-state index contributed by atoms with van der Waals surface area (Å²) in [5.41, 5.74) is 0.593. The molecule has 2 rings (SSSR count). The Morgan fingerprint density at radius 2 is 1.74 bits per heavy atom. The molecule has 1 aromatic heterocycles. The number of amides is 1. The third-order valence-corrected chi connectivity index (χ3v) is 3.34. The van der Waals surface area contributed by atoms with E-state index in [-0.39, 0.29) is 10.7 Å². The number of rotatable bonds is 5. The number of ether oxygens (including phenoxy) is 3. The molecule has 1 aromatic carbocycles. The van der Waals surface area contributed by atoms with Crippen LogP contribution in [0.5, 0.6) is 17.2 Å². The van der Waals surface area contributed by atoms with Gasteiger partial charge in [0.25, 0.3) is 11.1 Å². The van der Waals surface area contributed by atoms with Crippen molar-refractivity contribution in [1.82, 2.24) is 0 Å². The maximum Gasteiger partial charge on any atom is 0.286 e. The van der Waals surface area contributed by atoms with E-state index in [1.54, 1.807) is 12.1 Å². The summed E-state index contributed by atoms with van der Waals surface area (Å²) in [5, 5.41) is 14.1. The van der Waals surface area contributed by atoms with Gasteiger partial charge in [0.2, 0.25) is 5.75 Å². The van der Waals surface area contributed by atoms with Crippen molar-refractivity contribution in [3.05, 3.63) is 46.4 Å². The van der Waals surface area contributed by atoms with Crippen LogP contribution in [0.15, 0.2) is 30.5 Å². The molecule has 122 valence electrons. The largest absolute Gasteiger partial charge is 0.618 e. The van der Waals surface area contributed by atoms with E-state index in [0.29, 0.717) is 27.7 Å². The molecule has 1 N–H and O–H groups in total. The maximum absolute atomic E-state index is 12.2. The Balaban J connectivity index is 2.31. The summed E-state index contributed by atoms with van der Waals surface area (Å²) in [6, 6.07) is 5.96. The van der Waals surface area contributed by atoms with Gasteiger partial charge in [-0.3, -0.25) is 4.79 Å². The van der Waals surface area contributed by atoms with Gasteiger partial charge in [-0.15, -0.1) is 0 Å². The van der Waals surface area contributed by atoms with Crippen LogP contribution in [0.2, 0.25) is 5.15 Å². The summed E-state index contributed by atoms with van der Waals surface area (Å²) in [6.45, 7) is 0. The first kappa shape index (κ1) is 16.7. The lowest BCUT2D eigenvalue weighted by atomic mass is 10.2. The second-order valence-electron chi connectivity index (χ2n) is 4.43. The van der Waals surface area contributed by atoms with E-state index >= 15 is 0 Å². The normalized spacial score (nSPS) is 10.1. The molecule has 7 nitrogen and oxygen atoms in total. The molecular weight excluding hydrogens is 324 g/mol. The minimum absolute atomic E-state index is 0.0191. The predicted molar refractivity (Wildman–Crippen MR) is 84.5 cm³/mol. The zero-order chi connectivity index (χ0) is 17.0. The molecule has 0 radical (unpaired) electrons. The van der Waals surface area contributed by atoms with Gasteiger partial charge in [-0.2, -0.15) is 4.73 Å². The summed E-state index contributed by atoms with van der Waals surface area (Å²) in [6.07, 6.45) is 1.09. The van der Waals surface area contributed by atoms with Gasteiger partial charge in [0.05, 0.1) is 21.3 Å². The molecule has 0 bridgehead atoms. The van der Waals surface area contributed by atoms with Crippen LogP contribution < -0.4 is 24.3 Å². The third kappa shape index (κ3) is 3.57. The Labute approximate surface area is 137 Å². The van der Waals surface area contributed by atoms with Crippen LogP contribution in [0.3, 0.4) is 0 Å². The Kier molecular flexibility index (Phi) is 5.13. The topological polar surface area (TPSA) is 83.7 Å². The predicted octanol–water partition coefficient (Wildman–Crippen LogP) is 2.25. The molecule has 8 heteroatoms. The van der Waals surface area contributed by atoms with Crippen molar-refractivity contribution in [3.63, 3.8) is 0 Å². The average Bonchev–Trinajstić information content (AvgIpc) is 2.56. The van der Waals surface area contributed by atoms with Crippen LogP contribution in [0.4, 0.5) is 5.69 Å². The van der Waals surface area contributed by atoms with E-state index in [9.17, 15) is 10.0 Å². The summed E-state index contributed by atoms with van der Waals surface area (Å²) in [4.78, 5) is 12.2. The van der Waals surface area contributed by atoms with E-state index < -0.39 is 5.91 Å². The lowest BCUT2D eigenvalue weighted by Crippen LogP contribution is -2.29. The summed E-state index contributed by atoms with van der Waals surface area (Å²) in [5.74, 6) is 0.742. The van der Waals surface area contributed by atoms with Gasteiger partial charge in [-0.05, 0) is 17.7 Å². The van der Waals surface area contributed by atoms with E-state index in [1.807, 2.05) is 0 Å². The van der Waals surface area contributed by atoms with E-state index in [1.165, 1.54) is 33.5 Å². The molecule has 1 heterocycles. The van der Waals surface area contributed by atoms with Gasteiger partial charge in [0, 0.05) is 23.9 Å². The molecule has 0 saturated carbocycles. The highest BCUT2D eigenvalue weighted by molar-refractivity contribution is 6.28. The van der Waals surface area contributed by atoms with Crippen LogP contribution in [-0.2, 0) is 0 Å². The number of nitrogens with one attached hydrogen (secondary N) is 1. The number of aromatic nitrogens is 1. The fraction of sp³-hybridized carbons (Fsp3) is 0.200. The van der Waals surface area contributed by atoms with Gasteiger partial charge in [-0.1, -0.05) is 0 Å². The van der Waals surface area contributed by atoms with Crippen molar-refractivity contribution >= 4 is 23.2 Å². The molecule has 2 aromatic rings. The zero-order valence-corrected chi connectivity index (χ0v) is 13.5. The van der Waals surface area contributed by atoms with E-state index in [4.69, 9.17) is 25.8 Å². The summed E-state index contributed by atoms with van der Waals surface area (Å²) >= 11 is 5.63. The number of hydrogen-bond acceptors (Lipinski definition) is 5. The Morgan fingerprint density at radius 3 is 2.22 bits per heavy atom. The molecule has 0 aliphatic rings. The minimum Gasteiger partial charge on any atom is -0.618 e. The van der Waals surface area contributed by atoms with Crippen molar-refractivity contribution in [2.45, 2.75) is 0 Å². The highest BCUT2D eigenvalue weighted by Gasteiger charge is 2.16. The second kappa shape index (κ2) is 7.06. The third-order valence-electron chi connectivity index (χ3n) is 3.05. The molecule has 0 aliphatic carbocycles. The number of methoxy groups -OCH3 is 3. The highest BCUT2D eigenvalue weighted by atomic mass is 35.5. The lowest BCUT2D eigenvalue weighted by molar-refractivity contribution is -0.603. The Hall–Kier alpha value is -2.67. The number of halogens is 1. The lowest BCUT2D eigenvalue weighted by Gasteiger charge is -2.14. The number of pyridine rings is 1. The van der Waals surface area contributed by atoms with Gasteiger partial charge >= 0.3 is 0 Å². The second-order valence-corrected chi connectivity index (χ2v) is 4.82. The van der Waals surface area contributed by atoms with Crippen LogP contribution in [0.1, 0.15) is 10.4 Å². The number of nitrogens with zero attached hydrogens (tertiary/aromatic N) is 1. The molecule has 23 heavy (non-hydrogen) atoms. The number of anilines is 1. The smallest absolute Gasteiger partial charge is 0.286 e. The molecule has 0 unspecified atom stereocenters. The molecule has 0 aliphatic heterocycles.